The third-order valence-corrected chi connectivity index (χ3v) is 1.56. The summed E-state index contributed by atoms with van der Waals surface area (Å²) >= 11 is 0. The van der Waals surface area contributed by atoms with Gasteiger partial charge in [-0.15, -0.1) is 0 Å². The van der Waals surface area contributed by atoms with E-state index in [1.807, 2.05) is 0 Å². The van der Waals surface area contributed by atoms with Crippen LogP contribution in [0.3, 0.4) is 0 Å². The Morgan fingerprint density at radius 2 is 2.07 bits per heavy atom. The lowest BCUT2D eigenvalue weighted by atomic mass is 10.1. The molecule has 76 valence electrons. The Hall–Kier alpha value is -1.39. The Morgan fingerprint density at radius 1 is 1.43 bits per heavy atom. The quantitative estimate of drug-likeness (QED) is 0.691. The summed E-state index contributed by atoms with van der Waals surface area (Å²) in [6.45, 7) is 1.66. The number of nitrogens with zero attached hydrogens (tertiary/aromatic N) is 1. The molecule has 1 aromatic rings. The fourth-order valence-corrected chi connectivity index (χ4v) is 0.992. The normalized spacial score (nSPS) is 11.4. The first-order chi connectivity index (χ1) is 6.38. The standard InChI is InChI=1S/C9H8F3NO/c1-6-2-7(5-13-4-6)8(14)3-9(10,11)12/h2,4-5H,3H2,1H3. The lowest BCUT2D eigenvalue weighted by Crippen LogP contribution is -2.15. The molecule has 14 heavy (non-hydrogen) atoms. The molecule has 0 saturated carbocycles. The zero-order valence-electron chi connectivity index (χ0n) is 7.43. The van der Waals surface area contributed by atoms with Gasteiger partial charge >= 0.3 is 6.18 Å². The number of carbonyl (C=O) groups is 1. The van der Waals surface area contributed by atoms with Crippen molar-refractivity contribution < 1.29 is 18.0 Å². The molecule has 0 aromatic carbocycles. The summed E-state index contributed by atoms with van der Waals surface area (Å²) < 4.78 is 35.6. The molecule has 0 fully saturated rings. The first kappa shape index (κ1) is 10.7. The van der Waals surface area contributed by atoms with E-state index in [2.05, 4.69) is 4.98 Å². The van der Waals surface area contributed by atoms with Crippen LogP contribution in [0, 0.1) is 6.92 Å². The maximum atomic E-state index is 11.9. The molecule has 0 aliphatic heterocycles. The second kappa shape index (κ2) is 3.77. The first-order valence-electron chi connectivity index (χ1n) is 3.90. The third kappa shape index (κ3) is 3.16. The number of hydrogen-bond donors (Lipinski definition) is 0. The van der Waals surface area contributed by atoms with Crippen LogP contribution in [0.4, 0.5) is 13.2 Å². The van der Waals surface area contributed by atoms with E-state index < -0.39 is 18.4 Å². The number of rotatable bonds is 2. The highest BCUT2D eigenvalue weighted by molar-refractivity contribution is 5.96. The monoisotopic (exact) mass is 203 g/mol. The van der Waals surface area contributed by atoms with E-state index >= 15 is 0 Å². The zero-order chi connectivity index (χ0) is 10.8. The van der Waals surface area contributed by atoms with Crippen molar-refractivity contribution in [3.63, 3.8) is 0 Å². The van der Waals surface area contributed by atoms with Crippen LogP contribution in [-0.2, 0) is 0 Å². The van der Waals surface area contributed by atoms with E-state index in [4.69, 9.17) is 0 Å². The summed E-state index contributed by atoms with van der Waals surface area (Å²) in [6, 6.07) is 1.39. The molecule has 0 spiro atoms. The van der Waals surface area contributed by atoms with E-state index in [1.165, 1.54) is 12.3 Å². The summed E-state index contributed by atoms with van der Waals surface area (Å²) in [5.74, 6) is -0.950. The summed E-state index contributed by atoms with van der Waals surface area (Å²) in [6.07, 6.45) is -3.27. The van der Waals surface area contributed by atoms with Crippen molar-refractivity contribution in [3.8, 4) is 0 Å². The minimum atomic E-state index is -4.46. The number of Topliss-reactive ketones (excluding diaryl/α,β-unsaturated/α-hetero) is 1. The highest BCUT2D eigenvalue weighted by Crippen LogP contribution is 2.21. The second-order valence-corrected chi connectivity index (χ2v) is 2.97. The minimum Gasteiger partial charge on any atom is -0.294 e. The summed E-state index contributed by atoms with van der Waals surface area (Å²) in [5, 5.41) is 0. The summed E-state index contributed by atoms with van der Waals surface area (Å²) in [4.78, 5) is 14.7. The van der Waals surface area contributed by atoms with Gasteiger partial charge in [0, 0.05) is 18.0 Å². The molecule has 1 rings (SSSR count). The molecular weight excluding hydrogens is 195 g/mol. The molecule has 0 N–H and O–H groups in total. The summed E-state index contributed by atoms with van der Waals surface area (Å²) in [5.41, 5.74) is 0.667. The molecule has 0 atom stereocenters. The predicted octanol–water partition coefficient (Wildman–Crippen LogP) is 2.53. The average molecular weight is 203 g/mol. The third-order valence-electron chi connectivity index (χ3n) is 1.56. The van der Waals surface area contributed by atoms with Crippen molar-refractivity contribution >= 4 is 5.78 Å². The maximum Gasteiger partial charge on any atom is 0.396 e. The van der Waals surface area contributed by atoms with Gasteiger partial charge in [-0.25, -0.2) is 0 Å². The number of halogens is 3. The van der Waals surface area contributed by atoms with Crippen molar-refractivity contribution in [1.82, 2.24) is 4.98 Å². The van der Waals surface area contributed by atoms with Gasteiger partial charge in [0.1, 0.15) is 6.42 Å². The number of carbonyl (C=O) groups excluding carboxylic acids is 1. The van der Waals surface area contributed by atoms with Crippen LogP contribution >= 0.6 is 0 Å². The van der Waals surface area contributed by atoms with Crippen molar-refractivity contribution in [2.75, 3.05) is 0 Å². The van der Waals surface area contributed by atoms with Gasteiger partial charge in [-0.1, -0.05) is 0 Å². The molecule has 1 heterocycles. The summed E-state index contributed by atoms with van der Waals surface area (Å²) in [7, 11) is 0. The van der Waals surface area contributed by atoms with Gasteiger partial charge in [0.25, 0.3) is 0 Å². The average Bonchev–Trinajstić information content (AvgIpc) is 2.01. The van der Waals surface area contributed by atoms with Crippen LogP contribution < -0.4 is 0 Å². The van der Waals surface area contributed by atoms with Crippen molar-refractivity contribution in [2.45, 2.75) is 19.5 Å². The van der Waals surface area contributed by atoms with Gasteiger partial charge in [-0.05, 0) is 18.6 Å². The lowest BCUT2D eigenvalue weighted by molar-refractivity contribution is -0.125. The van der Waals surface area contributed by atoms with Crippen LogP contribution in [0.5, 0.6) is 0 Å². The van der Waals surface area contributed by atoms with Gasteiger partial charge in [0.15, 0.2) is 5.78 Å². The van der Waals surface area contributed by atoms with Gasteiger partial charge in [0.2, 0.25) is 0 Å². The van der Waals surface area contributed by atoms with E-state index in [-0.39, 0.29) is 5.56 Å². The highest BCUT2D eigenvalue weighted by atomic mass is 19.4. The Balaban J connectivity index is 2.80. The molecular formula is C9H8F3NO. The van der Waals surface area contributed by atoms with Crippen molar-refractivity contribution in [1.29, 1.82) is 0 Å². The molecule has 0 radical (unpaired) electrons. The van der Waals surface area contributed by atoms with Crippen LogP contribution in [0.2, 0.25) is 0 Å². The fraction of sp³-hybridized carbons (Fsp3) is 0.333. The largest absolute Gasteiger partial charge is 0.396 e. The molecule has 2 nitrogen and oxygen atoms in total. The van der Waals surface area contributed by atoms with Crippen molar-refractivity contribution in [3.05, 3.63) is 29.6 Å². The molecule has 0 amide bonds. The number of aryl methyl sites for hydroxylation is 1. The SMILES string of the molecule is Cc1cncc(C(=O)CC(F)(F)F)c1. The number of pyridine rings is 1. The molecule has 0 bridgehead atoms. The van der Waals surface area contributed by atoms with Gasteiger partial charge in [0.05, 0.1) is 0 Å². The second-order valence-electron chi connectivity index (χ2n) is 2.97. The number of hydrogen-bond acceptors (Lipinski definition) is 2. The van der Waals surface area contributed by atoms with E-state index in [0.29, 0.717) is 5.56 Å². The molecule has 0 unspecified atom stereocenters. The Morgan fingerprint density at radius 3 is 2.57 bits per heavy atom. The van der Waals surface area contributed by atoms with E-state index in [0.717, 1.165) is 6.20 Å². The maximum absolute atomic E-state index is 11.9. The molecule has 0 saturated heterocycles. The van der Waals surface area contributed by atoms with Gasteiger partial charge in [-0.2, -0.15) is 13.2 Å². The fourth-order valence-electron chi connectivity index (χ4n) is 0.992. The molecule has 0 aliphatic rings. The van der Waals surface area contributed by atoms with Crippen LogP contribution in [-0.4, -0.2) is 16.9 Å². The smallest absolute Gasteiger partial charge is 0.294 e. The van der Waals surface area contributed by atoms with Crippen LogP contribution in [0.1, 0.15) is 22.3 Å². The topological polar surface area (TPSA) is 30.0 Å². The number of aromatic nitrogens is 1. The Kier molecular flexibility index (Phi) is 2.88. The van der Waals surface area contributed by atoms with Crippen LogP contribution in [0.15, 0.2) is 18.5 Å². The van der Waals surface area contributed by atoms with E-state index in [9.17, 15) is 18.0 Å². The lowest BCUT2D eigenvalue weighted by Gasteiger charge is -2.05. The minimum absolute atomic E-state index is 0.00215. The van der Waals surface area contributed by atoms with Crippen LogP contribution in [0.25, 0.3) is 0 Å². The molecule has 1 aromatic heterocycles. The number of alkyl halides is 3. The highest BCUT2D eigenvalue weighted by Gasteiger charge is 2.31. The predicted molar refractivity (Wildman–Crippen MR) is 44.0 cm³/mol. The number of ketones is 1. The van der Waals surface area contributed by atoms with E-state index in [1.54, 1.807) is 6.92 Å². The Labute approximate surface area is 78.8 Å². The first-order valence-corrected chi connectivity index (χ1v) is 3.90. The van der Waals surface area contributed by atoms with Crippen molar-refractivity contribution in [2.24, 2.45) is 0 Å². The zero-order valence-corrected chi connectivity index (χ0v) is 7.43. The Bertz CT molecular complexity index is 346. The molecule has 5 heteroatoms. The van der Waals surface area contributed by atoms with Gasteiger partial charge in [-0.3, -0.25) is 9.78 Å². The van der Waals surface area contributed by atoms with Gasteiger partial charge < -0.3 is 0 Å². The molecule has 0 aliphatic carbocycles.